The molecule has 0 aromatic carbocycles. The molecule has 1 aromatic heterocycles. The molecule has 0 spiro atoms. The Balaban J connectivity index is 2.66. The molecule has 0 aliphatic carbocycles. The van der Waals surface area contributed by atoms with Gasteiger partial charge in [-0.1, -0.05) is 0 Å². The summed E-state index contributed by atoms with van der Waals surface area (Å²) in [6.07, 6.45) is 1.54. The molecule has 0 aliphatic rings. The van der Waals surface area contributed by atoms with Crippen molar-refractivity contribution in [1.29, 1.82) is 0 Å². The van der Waals surface area contributed by atoms with E-state index in [1.807, 2.05) is 0 Å². The van der Waals surface area contributed by atoms with E-state index in [0.717, 1.165) is 5.56 Å². The molecule has 1 rings (SSSR count). The number of nitrogens with zero attached hydrogens (tertiary/aromatic N) is 1. The molecule has 1 unspecified atom stereocenters. The molecule has 0 saturated carbocycles. The zero-order valence-electron chi connectivity index (χ0n) is 7.87. The van der Waals surface area contributed by atoms with Crippen molar-refractivity contribution in [3.8, 4) is 0 Å². The van der Waals surface area contributed by atoms with Gasteiger partial charge in [-0.25, -0.2) is 0 Å². The number of amides is 1. The topological polar surface area (TPSA) is 95.1 Å². The van der Waals surface area contributed by atoms with Crippen molar-refractivity contribution >= 4 is 17.7 Å². The first-order valence-electron chi connectivity index (χ1n) is 4.06. The lowest BCUT2D eigenvalue weighted by atomic mass is 10.2. The van der Waals surface area contributed by atoms with Crippen molar-refractivity contribution in [1.82, 2.24) is 10.2 Å². The Hall–Kier alpha value is -1.85. The molecule has 0 saturated heterocycles. The summed E-state index contributed by atoms with van der Waals surface area (Å²) in [4.78, 5) is 21.7. The van der Waals surface area contributed by atoms with Crippen molar-refractivity contribution in [2.75, 3.05) is 5.32 Å². The van der Waals surface area contributed by atoms with Crippen LogP contribution in [0.3, 0.4) is 0 Å². The fraction of sp³-hybridized carbons (Fsp3) is 0.375. The van der Waals surface area contributed by atoms with E-state index in [9.17, 15) is 9.59 Å². The highest BCUT2D eigenvalue weighted by atomic mass is 16.4. The Morgan fingerprint density at radius 3 is 2.71 bits per heavy atom. The van der Waals surface area contributed by atoms with E-state index in [1.165, 1.54) is 6.92 Å². The average Bonchev–Trinajstić information content (AvgIpc) is 2.50. The minimum atomic E-state index is -1.15. The van der Waals surface area contributed by atoms with Crippen LogP contribution in [0.15, 0.2) is 6.20 Å². The number of carboxylic acids is 1. The minimum Gasteiger partial charge on any atom is -0.481 e. The quantitative estimate of drug-likeness (QED) is 0.610. The van der Waals surface area contributed by atoms with E-state index in [2.05, 4.69) is 15.5 Å². The largest absolute Gasteiger partial charge is 0.481 e. The summed E-state index contributed by atoms with van der Waals surface area (Å²) < 4.78 is 0. The molecule has 6 nitrogen and oxygen atoms in total. The number of aryl methyl sites for hydroxylation is 1. The van der Waals surface area contributed by atoms with Crippen LogP contribution in [0, 0.1) is 12.8 Å². The van der Waals surface area contributed by atoms with Gasteiger partial charge in [-0.2, -0.15) is 5.10 Å². The van der Waals surface area contributed by atoms with Gasteiger partial charge >= 0.3 is 5.97 Å². The summed E-state index contributed by atoms with van der Waals surface area (Å²) in [5.41, 5.74) is 0.760. The van der Waals surface area contributed by atoms with E-state index >= 15 is 0 Å². The third-order valence-electron chi connectivity index (χ3n) is 1.84. The van der Waals surface area contributed by atoms with E-state index in [1.54, 1.807) is 13.1 Å². The van der Waals surface area contributed by atoms with Crippen molar-refractivity contribution in [2.45, 2.75) is 13.8 Å². The van der Waals surface area contributed by atoms with Gasteiger partial charge in [0.05, 0.1) is 6.20 Å². The van der Waals surface area contributed by atoms with Crippen LogP contribution in [-0.2, 0) is 9.59 Å². The summed E-state index contributed by atoms with van der Waals surface area (Å²) in [6.45, 7) is 3.08. The number of aromatic amines is 1. The average molecular weight is 197 g/mol. The molecule has 0 radical (unpaired) electrons. The summed E-state index contributed by atoms with van der Waals surface area (Å²) in [6, 6.07) is 0. The Morgan fingerprint density at radius 1 is 1.64 bits per heavy atom. The summed E-state index contributed by atoms with van der Waals surface area (Å²) in [7, 11) is 0. The standard InChI is InChI=1S/C8H11N3O3/c1-4-3-9-11-6(4)10-7(12)5(2)8(13)14/h3,5H,1-2H3,(H,13,14)(H2,9,10,11,12). The number of aromatic nitrogens is 2. The molecular weight excluding hydrogens is 186 g/mol. The lowest BCUT2D eigenvalue weighted by Gasteiger charge is -2.06. The molecular formula is C8H11N3O3. The Morgan fingerprint density at radius 2 is 2.29 bits per heavy atom. The lowest BCUT2D eigenvalue weighted by molar-refractivity contribution is -0.144. The normalized spacial score (nSPS) is 12.1. The fourth-order valence-electron chi connectivity index (χ4n) is 0.817. The second-order valence-electron chi connectivity index (χ2n) is 2.98. The highest BCUT2D eigenvalue weighted by Crippen LogP contribution is 2.10. The van der Waals surface area contributed by atoms with Crippen LogP contribution in [0.5, 0.6) is 0 Å². The smallest absolute Gasteiger partial charge is 0.315 e. The second kappa shape index (κ2) is 3.91. The number of carbonyl (C=O) groups excluding carboxylic acids is 1. The molecule has 1 heterocycles. The predicted molar refractivity (Wildman–Crippen MR) is 48.8 cm³/mol. The van der Waals surface area contributed by atoms with E-state index in [4.69, 9.17) is 5.11 Å². The van der Waals surface area contributed by atoms with Crippen LogP contribution in [0.25, 0.3) is 0 Å². The maximum atomic E-state index is 11.3. The van der Waals surface area contributed by atoms with Gasteiger partial charge in [-0.3, -0.25) is 14.7 Å². The Kier molecular flexibility index (Phi) is 2.85. The molecule has 3 N–H and O–H groups in total. The summed E-state index contributed by atoms with van der Waals surface area (Å²) in [5, 5.41) is 17.2. The first kappa shape index (κ1) is 10.2. The summed E-state index contributed by atoms with van der Waals surface area (Å²) in [5.74, 6) is -2.36. The number of carboxylic acid groups (broad SMARTS) is 1. The first-order chi connectivity index (χ1) is 6.52. The molecule has 14 heavy (non-hydrogen) atoms. The van der Waals surface area contributed by atoms with Gasteiger partial charge in [0.25, 0.3) is 0 Å². The van der Waals surface area contributed by atoms with Gasteiger partial charge in [0.15, 0.2) is 0 Å². The molecule has 1 atom stereocenters. The monoisotopic (exact) mass is 197 g/mol. The van der Waals surface area contributed by atoms with Crippen LogP contribution in [-0.4, -0.2) is 27.2 Å². The SMILES string of the molecule is Cc1cn[nH]c1NC(=O)C(C)C(=O)O. The van der Waals surface area contributed by atoms with Gasteiger partial charge in [-0.05, 0) is 13.8 Å². The third kappa shape index (κ3) is 2.09. The zero-order chi connectivity index (χ0) is 10.7. The highest BCUT2D eigenvalue weighted by molar-refractivity contribution is 6.03. The zero-order valence-corrected chi connectivity index (χ0v) is 7.87. The van der Waals surface area contributed by atoms with Gasteiger partial charge in [-0.15, -0.1) is 0 Å². The predicted octanol–water partition coefficient (Wildman–Crippen LogP) is 0.377. The van der Waals surface area contributed by atoms with Crippen LogP contribution in [0.2, 0.25) is 0 Å². The third-order valence-corrected chi connectivity index (χ3v) is 1.84. The maximum Gasteiger partial charge on any atom is 0.315 e. The second-order valence-corrected chi connectivity index (χ2v) is 2.98. The number of anilines is 1. The van der Waals surface area contributed by atoms with Crippen molar-refractivity contribution < 1.29 is 14.7 Å². The van der Waals surface area contributed by atoms with Gasteiger partial charge in [0.2, 0.25) is 5.91 Å². The number of nitrogens with one attached hydrogen (secondary N) is 2. The van der Waals surface area contributed by atoms with Crippen molar-refractivity contribution in [2.24, 2.45) is 5.92 Å². The number of hydrogen-bond donors (Lipinski definition) is 3. The molecule has 1 aromatic rings. The maximum absolute atomic E-state index is 11.3. The fourth-order valence-corrected chi connectivity index (χ4v) is 0.817. The molecule has 76 valence electrons. The van der Waals surface area contributed by atoms with Crippen LogP contribution in [0.4, 0.5) is 5.82 Å². The molecule has 0 aliphatic heterocycles. The van der Waals surface area contributed by atoms with E-state index in [0.29, 0.717) is 5.82 Å². The van der Waals surface area contributed by atoms with Crippen LogP contribution >= 0.6 is 0 Å². The van der Waals surface area contributed by atoms with Crippen molar-refractivity contribution in [3.63, 3.8) is 0 Å². The molecule has 1 amide bonds. The van der Waals surface area contributed by atoms with Gasteiger partial charge in [0.1, 0.15) is 11.7 Å². The highest BCUT2D eigenvalue weighted by Gasteiger charge is 2.21. The van der Waals surface area contributed by atoms with Crippen molar-refractivity contribution in [3.05, 3.63) is 11.8 Å². The van der Waals surface area contributed by atoms with Gasteiger partial charge in [0, 0.05) is 5.56 Å². The number of hydrogen-bond acceptors (Lipinski definition) is 3. The van der Waals surface area contributed by atoms with E-state index in [-0.39, 0.29) is 0 Å². The summed E-state index contributed by atoms with van der Waals surface area (Å²) >= 11 is 0. The Labute approximate surface area is 80.3 Å². The molecule has 6 heteroatoms. The van der Waals surface area contributed by atoms with E-state index < -0.39 is 17.8 Å². The number of carbonyl (C=O) groups is 2. The number of aliphatic carboxylic acids is 1. The van der Waals surface area contributed by atoms with Crippen LogP contribution in [0.1, 0.15) is 12.5 Å². The lowest BCUT2D eigenvalue weighted by Crippen LogP contribution is -2.27. The molecule has 0 bridgehead atoms. The number of H-pyrrole nitrogens is 1. The molecule has 0 fully saturated rings. The minimum absolute atomic E-state index is 0.433. The first-order valence-corrected chi connectivity index (χ1v) is 4.06. The Bertz CT molecular complexity index is 358. The number of rotatable bonds is 3. The van der Waals surface area contributed by atoms with Gasteiger partial charge < -0.3 is 10.4 Å². The van der Waals surface area contributed by atoms with Crippen LogP contribution < -0.4 is 5.32 Å².